The Kier molecular flexibility index (Phi) is 12.4. The molecule has 1 fully saturated rings. The van der Waals surface area contributed by atoms with Gasteiger partial charge in [-0.15, -0.1) is 0 Å². The molecule has 1 aliphatic rings. The maximum Gasteiger partial charge on any atom is 0.338 e. The third-order valence-electron chi connectivity index (χ3n) is 6.27. The summed E-state index contributed by atoms with van der Waals surface area (Å²) >= 11 is 0. The van der Waals surface area contributed by atoms with Crippen LogP contribution in [0, 0.1) is 0 Å². The molecule has 0 bridgehead atoms. The molecule has 1 heterocycles. The molecule has 0 radical (unpaired) electrons. The number of nitrogens with one attached hydrogen (secondary N) is 1. The minimum atomic E-state index is -1.51. The average Bonchev–Trinajstić information content (AvgIpc) is 2.99. The fourth-order valence-corrected chi connectivity index (χ4v) is 4.42. The second-order valence-corrected chi connectivity index (χ2v) is 9.80. The van der Waals surface area contributed by atoms with Crippen LogP contribution in [0.5, 0.6) is 11.5 Å². The highest BCUT2D eigenvalue weighted by Gasteiger charge is 2.53. The third-order valence-corrected chi connectivity index (χ3v) is 6.27. The number of esters is 5. The van der Waals surface area contributed by atoms with Gasteiger partial charge in [0.2, 0.25) is 12.4 Å². The summed E-state index contributed by atoms with van der Waals surface area (Å²) in [6.45, 7) is 5.96. The Balaban J connectivity index is 1.90. The lowest BCUT2D eigenvalue weighted by atomic mass is 9.98. The summed E-state index contributed by atoms with van der Waals surface area (Å²) in [5, 5.41) is 2.71. The molecular weight excluding hydrogens is 610 g/mol. The SMILES string of the molecule is CCOC(=O)c1ccc(NC(=O)c2ccc(O[C@@H]3O[C@@H](COC(C)=O)[C@@H](OC(C)=O)[C@@H](OC(C)=O)[C@H]3OC(C)=O)c(OC)c2)cc1. The first-order chi connectivity index (χ1) is 21.8. The van der Waals surface area contributed by atoms with Crippen molar-refractivity contribution in [2.24, 2.45) is 0 Å². The van der Waals surface area contributed by atoms with Crippen LogP contribution in [-0.2, 0) is 47.6 Å². The molecule has 0 unspecified atom stereocenters. The van der Waals surface area contributed by atoms with E-state index < -0.39 is 73.1 Å². The van der Waals surface area contributed by atoms with Gasteiger partial charge < -0.3 is 43.2 Å². The van der Waals surface area contributed by atoms with E-state index in [2.05, 4.69) is 5.32 Å². The first-order valence-electron chi connectivity index (χ1n) is 14.1. The van der Waals surface area contributed by atoms with Gasteiger partial charge in [-0.05, 0) is 49.4 Å². The number of amides is 1. The van der Waals surface area contributed by atoms with Crippen molar-refractivity contribution in [1.29, 1.82) is 0 Å². The first-order valence-corrected chi connectivity index (χ1v) is 14.1. The fraction of sp³-hybridized carbons (Fsp3) is 0.419. The number of methoxy groups -OCH3 is 1. The van der Waals surface area contributed by atoms with Crippen molar-refractivity contribution in [2.75, 3.05) is 25.6 Å². The fourth-order valence-electron chi connectivity index (χ4n) is 4.42. The lowest BCUT2D eigenvalue weighted by Crippen LogP contribution is -2.63. The summed E-state index contributed by atoms with van der Waals surface area (Å²) in [7, 11) is 1.32. The second-order valence-electron chi connectivity index (χ2n) is 9.80. The highest BCUT2D eigenvalue weighted by atomic mass is 16.7. The van der Waals surface area contributed by atoms with Gasteiger partial charge in [0.15, 0.2) is 23.7 Å². The Hall–Kier alpha value is -5.18. The van der Waals surface area contributed by atoms with Crippen molar-refractivity contribution in [1.82, 2.24) is 0 Å². The van der Waals surface area contributed by atoms with E-state index in [1.54, 1.807) is 19.1 Å². The van der Waals surface area contributed by atoms with E-state index in [4.69, 9.17) is 37.9 Å². The zero-order chi connectivity index (χ0) is 34.0. The third kappa shape index (κ3) is 9.66. The van der Waals surface area contributed by atoms with Gasteiger partial charge in [0.25, 0.3) is 5.91 Å². The van der Waals surface area contributed by atoms with Crippen LogP contribution >= 0.6 is 0 Å². The molecule has 1 N–H and O–H groups in total. The number of rotatable bonds is 12. The van der Waals surface area contributed by atoms with Crippen molar-refractivity contribution in [3.8, 4) is 11.5 Å². The largest absolute Gasteiger partial charge is 0.493 e. The van der Waals surface area contributed by atoms with E-state index >= 15 is 0 Å². The molecule has 5 atom stereocenters. The molecule has 1 amide bonds. The molecule has 1 aliphatic heterocycles. The number of hydrogen-bond donors (Lipinski definition) is 1. The molecule has 2 aromatic carbocycles. The van der Waals surface area contributed by atoms with Crippen LogP contribution in [0.3, 0.4) is 0 Å². The van der Waals surface area contributed by atoms with Gasteiger partial charge in [-0.3, -0.25) is 24.0 Å². The van der Waals surface area contributed by atoms with Crippen molar-refractivity contribution in [3.63, 3.8) is 0 Å². The summed E-state index contributed by atoms with van der Waals surface area (Å²) in [4.78, 5) is 72.6. The Morgan fingerprint density at radius 3 is 1.87 bits per heavy atom. The second kappa shape index (κ2) is 16.2. The Morgan fingerprint density at radius 2 is 1.30 bits per heavy atom. The smallest absolute Gasteiger partial charge is 0.338 e. The van der Waals surface area contributed by atoms with Crippen molar-refractivity contribution >= 4 is 41.4 Å². The van der Waals surface area contributed by atoms with E-state index in [1.807, 2.05) is 0 Å². The van der Waals surface area contributed by atoms with Crippen molar-refractivity contribution in [2.45, 2.75) is 65.3 Å². The van der Waals surface area contributed by atoms with Gasteiger partial charge in [0.05, 0.1) is 19.3 Å². The van der Waals surface area contributed by atoms with E-state index in [0.717, 1.165) is 27.7 Å². The summed E-state index contributed by atoms with van der Waals surface area (Å²) in [6.07, 6.45) is -6.99. The molecule has 15 nitrogen and oxygen atoms in total. The first kappa shape index (κ1) is 35.3. The number of anilines is 1. The average molecular weight is 646 g/mol. The Labute approximate surface area is 264 Å². The minimum absolute atomic E-state index is 0.0266. The van der Waals surface area contributed by atoms with Crippen LogP contribution in [0.25, 0.3) is 0 Å². The van der Waals surface area contributed by atoms with Gasteiger partial charge in [-0.1, -0.05) is 0 Å². The normalized spacial score (nSPS) is 20.3. The van der Waals surface area contributed by atoms with Gasteiger partial charge in [0, 0.05) is 38.9 Å². The molecular formula is C31H35NO14. The van der Waals surface area contributed by atoms with Crippen LogP contribution in [0.4, 0.5) is 5.69 Å². The van der Waals surface area contributed by atoms with Gasteiger partial charge in [-0.25, -0.2) is 4.79 Å². The van der Waals surface area contributed by atoms with Crippen molar-refractivity contribution < 1.29 is 66.7 Å². The van der Waals surface area contributed by atoms with Crippen LogP contribution in [0.2, 0.25) is 0 Å². The number of hydrogen-bond acceptors (Lipinski definition) is 14. The van der Waals surface area contributed by atoms with Crippen molar-refractivity contribution in [3.05, 3.63) is 53.6 Å². The Morgan fingerprint density at radius 1 is 0.717 bits per heavy atom. The topological polar surface area (TPSA) is 188 Å². The zero-order valence-electron chi connectivity index (χ0n) is 26.1. The van der Waals surface area contributed by atoms with E-state index in [9.17, 15) is 28.8 Å². The Bertz CT molecular complexity index is 1440. The van der Waals surface area contributed by atoms with E-state index in [1.165, 1.54) is 37.4 Å². The number of ether oxygens (including phenoxy) is 8. The molecule has 0 saturated carbocycles. The van der Waals surface area contributed by atoms with Crippen LogP contribution in [0.1, 0.15) is 55.3 Å². The zero-order valence-corrected chi connectivity index (χ0v) is 26.1. The standard InChI is InChI=1S/C31H35NO14/c1-7-40-30(38)20-8-11-22(12-9-20)32-29(37)21-10-13-23(24(14-21)39-6)45-31-28(44-19(5)36)27(43-18(4)35)26(42-17(3)34)25(46-31)15-41-16(2)33/h8-14,25-28,31H,7,15H2,1-6H3,(H,32,37)/t25-,26+,27+,28+,31+/m0/s1. The number of carbonyl (C=O) groups excluding carboxylic acids is 6. The molecule has 46 heavy (non-hydrogen) atoms. The van der Waals surface area contributed by atoms with E-state index in [-0.39, 0.29) is 23.7 Å². The van der Waals surface area contributed by atoms with Crippen LogP contribution in [-0.4, -0.2) is 86.8 Å². The molecule has 0 aromatic heterocycles. The summed E-state index contributed by atoms with van der Waals surface area (Å²) in [5.41, 5.74) is 0.903. The summed E-state index contributed by atoms with van der Waals surface area (Å²) < 4.78 is 43.6. The van der Waals surface area contributed by atoms with Gasteiger partial charge in [0.1, 0.15) is 12.7 Å². The highest BCUT2D eigenvalue weighted by Crippen LogP contribution is 2.35. The molecule has 2 aromatic rings. The number of benzene rings is 2. The summed E-state index contributed by atoms with van der Waals surface area (Å²) in [5.74, 6) is -3.94. The predicted octanol–water partition coefficient (Wildman–Crippen LogP) is 2.59. The minimum Gasteiger partial charge on any atom is -0.493 e. The molecule has 1 saturated heterocycles. The lowest BCUT2D eigenvalue weighted by Gasteiger charge is -2.44. The molecule has 15 heteroatoms. The lowest BCUT2D eigenvalue weighted by molar-refractivity contribution is -0.288. The van der Waals surface area contributed by atoms with Crippen LogP contribution in [0.15, 0.2) is 42.5 Å². The summed E-state index contributed by atoms with van der Waals surface area (Å²) in [6, 6.07) is 10.3. The molecule has 248 valence electrons. The van der Waals surface area contributed by atoms with Gasteiger partial charge in [-0.2, -0.15) is 0 Å². The predicted molar refractivity (Wildman–Crippen MR) is 156 cm³/mol. The maximum atomic E-state index is 13.0. The monoisotopic (exact) mass is 645 g/mol. The molecule has 0 aliphatic carbocycles. The molecule has 3 rings (SSSR count). The maximum absolute atomic E-state index is 13.0. The quantitative estimate of drug-likeness (QED) is 0.262. The highest BCUT2D eigenvalue weighted by molar-refractivity contribution is 6.05. The number of carbonyl (C=O) groups is 6. The van der Waals surface area contributed by atoms with Gasteiger partial charge >= 0.3 is 29.8 Å². The molecule has 0 spiro atoms. The van der Waals surface area contributed by atoms with Crippen LogP contribution < -0.4 is 14.8 Å². The van der Waals surface area contributed by atoms with E-state index in [0.29, 0.717) is 11.3 Å².